The zero-order valence-corrected chi connectivity index (χ0v) is 21.4. The lowest BCUT2D eigenvalue weighted by atomic mass is 9.97. The highest BCUT2D eigenvalue weighted by atomic mass is 16.5. The van der Waals surface area contributed by atoms with Gasteiger partial charge in [-0.25, -0.2) is 4.98 Å². The van der Waals surface area contributed by atoms with Gasteiger partial charge < -0.3 is 24.8 Å². The molecule has 1 saturated heterocycles. The van der Waals surface area contributed by atoms with E-state index in [1.54, 1.807) is 7.11 Å². The summed E-state index contributed by atoms with van der Waals surface area (Å²) in [5.74, 6) is 1.01. The minimum atomic E-state index is -0.731. The van der Waals surface area contributed by atoms with Crippen LogP contribution in [0.2, 0.25) is 0 Å². The van der Waals surface area contributed by atoms with Gasteiger partial charge in [-0.1, -0.05) is 36.4 Å². The minimum absolute atomic E-state index is 0.139. The van der Waals surface area contributed by atoms with Gasteiger partial charge in [-0.2, -0.15) is 0 Å². The zero-order chi connectivity index (χ0) is 25.6. The van der Waals surface area contributed by atoms with Crippen molar-refractivity contribution in [3.8, 4) is 17.0 Å². The number of piperidine rings is 1. The lowest BCUT2D eigenvalue weighted by Crippen LogP contribution is -2.43. The van der Waals surface area contributed by atoms with E-state index >= 15 is 0 Å². The van der Waals surface area contributed by atoms with Crippen LogP contribution in [0.15, 0.2) is 54.6 Å². The van der Waals surface area contributed by atoms with Crippen molar-refractivity contribution in [1.29, 1.82) is 0 Å². The molecule has 1 unspecified atom stereocenters. The lowest BCUT2D eigenvalue weighted by molar-refractivity contribution is -0.144. The van der Waals surface area contributed by atoms with Crippen LogP contribution in [0.5, 0.6) is 5.75 Å². The SMILES string of the molecule is COC[C@H]1N(c2cccc(-c3cccc(C)c3OCc3ccc4c(c3)CNCC4)n2)CC2C[C@@]21C(=O)O. The Labute approximate surface area is 217 Å². The van der Waals surface area contributed by atoms with E-state index in [0.29, 0.717) is 26.2 Å². The highest BCUT2D eigenvalue weighted by molar-refractivity contribution is 5.82. The van der Waals surface area contributed by atoms with Crippen molar-refractivity contribution in [2.75, 3.05) is 31.7 Å². The molecular weight excluding hydrogens is 466 g/mol. The molecule has 1 saturated carbocycles. The Kier molecular flexibility index (Phi) is 6.13. The maximum Gasteiger partial charge on any atom is 0.312 e. The van der Waals surface area contributed by atoms with E-state index < -0.39 is 11.4 Å². The number of para-hydroxylation sites is 1. The number of aliphatic carboxylic acids is 1. The number of nitrogens with one attached hydrogen (secondary N) is 1. The Balaban J connectivity index is 1.27. The molecule has 3 aromatic rings. The Morgan fingerprint density at radius 3 is 2.89 bits per heavy atom. The van der Waals surface area contributed by atoms with Crippen LogP contribution in [-0.2, 0) is 29.1 Å². The van der Waals surface area contributed by atoms with E-state index in [9.17, 15) is 9.90 Å². The molecule has 2 aromatic carbocycles. The molecule has 37 heavy (non-hydrogen) atoms. The van der Waals surface area contributed by atoms with Gasteiger partial charge in [-0.3, -0.25) is 4.79 Å². The number of anilines is 1. The van der Waals surface area contributed by atoms with Gasteiger partial charge in [0.05, 0.1) is 23.8 Å². The molecule has 0 radical (unpaired) electrons. The van der Waals surface area contributed by atoms with Crippen LogP contribution in [0.25, 0.3) is 11.3 Å². The first-order valence-electron chi connectivity index (χ1n) is 13.0. The molecule has 0 amide bonds. The number of benzene rings is 2. The Morgan fingerprint density at radius 1 is 1.19 bits per heavy atom. The summed E-state index contributed by atoms with van der Waals surface area (Å²) in [7, 11) is 1.63. The molecule has 3 aliphatic rings. The normalized spacial score (nSPS) is 23.9. The second-order valence-electron chi connectivity index (χ2n) is 10.5. The molecule has 0 bridgehead atoms. The van der Waals surface area contributed by atoms with Crippen molar-refractivity contribution in [1.82, 2.24) is 10.3 Å². The number of carboxylic acid groups (broad SMARTS) is 1. The summed E-state index contributed by atoms with van der Waals surface area (Å²) in [6.45, 7) is 5.52. The smallest absolute Gasteiger partial charge is 0.312 e. The molecule has 2 aliphatic heterocycles. The van der Waals surface area contributed by atoms with E-state index in [1.165, 1.54) is 11.1 Å². The molecular formula is C30H33N3O4. The van der Waals surface area contributed by atoms with Crippen molar-refractivity contribution in [2.24, 2.45) is 11.3 Å². The fourth-order valence-corrected chi connectivity index (χ4v) is 6.24. The summed E-state index contributed by atoms with van der Waals surface area (Å²) in [4.78, 5) is 19.3. The van der Waals surface area contributed by atoms with Crippen LogP contribution in [0.3, 0.4) is 0 Å². The van der Waals surface area contributed by atoms with Gasteiger partial charge in [0.1, 0.15) is 18.2 Å². The number of carboxylic acids is 1. The number of methoxy groups -OCH3 is 1. The van der Waals surface area contributed by atoms with Crippen molar-refractivity contribution in [3.63, 3.8) is 0 Å². The van der Waals surface area contributed by atoms with Crippen LogP contribution in [0.1, 0.15) is 28.7 Å². The van der Waals surface area contributed by atoms with Gasteiger partial charge in [0.2, 0.25) is 0 Å². The summed E-state index contributed by atoms with van der Waals surface area (Å²) in [5.41, 5.74) is 5.98. The van der Waals surface area contributed by atoms with Gasteiger partial charge >= 0.3 is 5.97 Å². The first-order valence-corrected chi connectivity index (χ1v) is 13.0. The van der Waals surface area contributed by atoms with E-state index in [1.807, 2.05) is 30.3 Å². The summed E-state index contributed by atoms with van der Waals surface area (Å²) in [6.07, 6.45) is 1.78. The standard InChI is InChI=1S/C30H33N3O4/c1-19-5-3-6-24(28(19)37-17-20-9-10-21-11-12-31-15-22(21)13-20)25-7-4-8-27(32-25)33-16-23-14-30(23,29(34)35)26(33)18-36-2/h3-10,13,23,26,31H,11-12,14-18H2,1-2H3,(H,34,35)/t23?,26-,30-/m1/s1. The van der Waals surface area contributed by atoms with E-state index in [-0.39, 0.29) is 12.0 Å². The lowest BCUT2D eigenvalue weighted by Gasteiger charge is -2.31. The molecule has 7 nitrogen and oxygen atoms in total. The fraction of sp³-hybridized carbons (Fsp3) is 0.400. The summed E-state index contributed by atoms with van der Waals surface area (Å²) < 4.78 is 11.9. The molecule has 6 rings (SSSR count). The molecule has 192 valence electrons. The van der Waals surface area contributed by atoms with E-state index in [4.69, 9.17) is 14.5 Å². The second-order valence-corrected chi connectivity index (χ2v) is 10.5. The topological polar surface area (TPSA) is 83.9 Å². The number of hydrogen-bond donors (Lipinski definition) is 2. The number of carbonyl (C=O) groups is 1. The number of aryl methyl sites for hydroxylation is 1. The van der Waals surface area contributed by atoms with Crippen molar-refractivity contribution < 1.29 is 19.4 Å². The monoisotopic (exact) mass is 499 g/mol. The molecule has 7 heteroatoms. The predicted molar refractivity (Wildman–Crippen MR) is 142 cm³/mol. The molecule has 3 atom stereocenters. The van der Waals surface area contributed by atoms with E-state index in [2.05, 4.69) is 41.4 Å². The summed E-state index contributed by atoms with van der Waals surface area (Å²) >= 11 is 0. The predicted octanol–water partition coefficient (Wildman–Crippen LogP) is 4.21. The first kappa shape index (κ1) is 23.9. The number of ether oxygens (including phenoxy) is 2. The molecule has 2 fully saturated rings. The number of hydrogen-bond acceptors (Lipinski definition) is 6. The highest BCUT2D eigenvalue weighted by Crippen LogP contribution is 2.62. The van der Waals surface area contributed by atoms with Gasteiger partial charge in [0.15, 0.2) is 0 Å². The second kappa shape index (κ2) is 9.47. The molecule has 1 aliphatic carbocycles. The van der Waals surface area contributed by atoms with Gasteiger partial charge in [-0.15, -0.1) is 0 Å². The van der Waals surface area contributed by atoms with Crippen LogP contribution >= 0.6 is 0 Å². The number of pyridine rings is 1. The maximum absolute atomic E-state index is 12.1. The Hall–Kier alpha value is -3.42. The molecule has 2 N–H and O–H groups in total. The van der Waals surface area contributed by atoms with Crippen LogP contribution in [0, 0.1) is 18.3 Å². The third-order valence-corrected chi connectivity index (χ3v) is 8.32. The van der Waals surface area contributed by atoms with E-state index in [0.717, 1.165) is 53.5 Å². The van der Waals surface area contributed by atoms with Crippen LogP contribution < -0.4 is 15.0 Å². The third kappa shape index (κ3) is 4.16. The molecule has 1 aromatic heterocycles. The van der Waals surface area contributed by atoms with Gasteiger partial charge in [0, 0.05) is 25.8 Å². The quantitative estimate of drug-likeness (QED) is 0.480. The van der Waals surface area contributed by atoms with Gasteiger partial charge in [-0.05, 0) is 72.7 Å². The number of aromatic nitrogens is 1. The van der Waals surface area contributed by atoms with Crippen molar-refractivity contribution in [3.05, 3.63) is 76.9 Å². The minimum Gasteiger partial charge on any atom is -0.488 e. The van der Waals surface area contributed by atoms with Crippen molar-refractivity contribution >= 4 is 11.8 Å². The fourth-order valence-electron chi connectivity index (χ4n) is 6.24. The van der Waals surface area contributed by atoms with Crippen LogP contribution in [0.4, 0.5) is 5.82 Å². The van der Waals surface area contributed by atoms with Crippen LogP contribution in [-0.4, -0.2) is 48.9 Å². The molecule has 0 spiro atoms. The number of fused-ring (bicyclic) bond motifs is 2. The first-order chi connectivity index (χ1) is 18.0. The largest absolute Gasteiger partial charge is 0.488 e. The average Bonchev–Trinajstić information content (AvgIpc) is 3.56. The highest BCUT2D eigenvalue weighted by Gasteiger charge is 2.71. The number of rotatable bonds is 8. The zero-order valence-electron chi connectivity index (χ0n) is 21.4. The third-order valence-electron chi connectivity index (χ3n) is 8.32. The average molecular weight is 500 g/mol. The van der Waals surface area contributed by atoms with Gasteiger partial charge in [0.25, 0.3) is 0 Å². The molecule has 3 heterocycles. The summed E-state index contributed by atoms with van der Waals surface area (Å²) in [6, 6.07) is 18.5. The number of nitrogens with zero attached hydrogens (tertiary/aromatic N) is 2. The van der Waals surface area contributed by atoms with Crippen molar-refractivity contribution in [2.45, 2.75) is 39.0 Å². The Morgan fingerprint density at radius 2 is 2.05 bits per heavy atom. The maximum atomic E-state index is 12.1. The Bertz CT molecular complexity index is 1340. The summed E-state index contributed by atoms with van der Waals surface area (Å²) in [5, 5.41) is 13.4.